The molecule has 2 rings (SSSR count). The number of nitrogens with zero attached hydrogens (tertiary/aromatic N) is 1. The zero-order chi connectivity index (χ0) is 26.6. The SMILES string of the molecule is CC(=O)Nc1ccc(NC(=O)COc2ccc(SC(F)(F)C(F)(F)C(F)(F)F)cc2[N+](=O)[O-])cc1. The number of ether oxygens (including phenoxy) is 1. The second kappa shape index (κ2) is 10.4. The number of anilines is 2. The number of alkyl halides is 7. The van der Waals surface area contributed by atoms with Gasteiger partial charge in [0.25, 0.3) is 5.91 Å². The molecule has 0 saturated carbocycles. The van der Waals surface area contributed by atoms with Crippen LogP contribution in [0.2, 0.25) is 0 Å². The first-order valence-electron chi connectivity index (χ1n) is 9.13. The van der Waals surface area contributed by atoms with Crippen molar-refractivity contribution in [2.75, 3.05) is 17.2 Å². The van der Waals surface area contributed by atoms with Crippen molar-refractivity contribution in [3.63, 3.8) is 0 Å². The standard InChI is InChI=1S/C19H14F7N3O5S/c1-10(30)27-11-2-4-12(5-3-11)28-16(31)9-34-15-7-6-13(8-14(15)29(32)33)35-19(25,26)17(20,21)18(22,23)24/h2-8H,9H2,1H3,(H,27,30)(H,28,31). The van der Waals surface area contributed by atoms with Gasteiger partial charge in [-0.3, -0.25) is 19.7 Å². The molecule has 0 saturated heterocycles. The molecule has 16 heteroatoms. The van der Waals surface area contributed by atoms with E-state index in [0.29, 0.717) is 23.9 Å². The number of rotatable bonds is 9. The third kappa shape index (κ3) is 6.97. The molecule has 2 amide bonds. The summed E-state index contributed by atoms with van der Waals surface area (Å²) in [6.45, 7) is 0.490. The van der Waals surface area contributed by atoms with Crippen LogP contribution in [-0.2, 0) is 9.59 Å². The normalized spacial score (nSPS) is 12.1. The van der Waals surface area contributed by atoms with E-state index in [0.717, 1.165) is 0 Å². The second-order valence-electron chi connectivity index (χ2n) is 6.67. The summed E-state index contributed by atoms with van der Waals surface area (Å²) in [4.78, 5) is 32.1. The lowest BCUT2D eigenvalue weighted by atomic mass is 10.2. The molecule has 2 aromatic rings. The van der Waals surface area contributed by atoms with Gasteiger partial charge >= 0.3 is 23.0 Å². The molecule has 8 nitrogen and oxygen atoms in total. The number of nitrogens with one attached hydrogen (secondary N) is 2. The Morgan fingerprint density at radius 2 is 1.51 bits per heavy atom. The van der Waals surface area contributed by atoms with Gasteiger partial charge in [0.05, 0.1) is 4.92 Å². The van der Waals surface area contributed by atoms with Gasteiger partial charge in [-0.2, -0.15) is 30.7 Å². The number of thioether (sulfide) groups is 1. The molecule has 190 valence electrons. The predicted molar refractivity (Wildman–Crippen MR) is 110 cm³/mol. The largest absolute Gasteiger partial charge is 0.477 e. The Hall–Kier alpha value is -3.56. The van der Waals surface area contributed by atoms with Crippen molar-refractivity contribution in [2.45, 2.75) is 29.2 Å². The molecular weight excluding hydrogens is 515 g/mol. The lowest BCUT2D eigenvalue weighted by molar-refractivity contribution is -0.386. The Morgan fingerprint density at radius 3 is 2.00 bits per heavy atom. The minimum absolute atomic E-state index is 0.266. The van der Waals surface area contributed by atoms with Crippen LogP contribution in [0.1, 0.15) is 6.92 Å². The fourth-order valence-corrected chi connectivity index (χ4v) is 3.23. The quantitative estimate of drug-likeness (QED) is 0.193. The molecule has 0 spiro atoms. The van der Waals surface area contributed by atoms with Gasteiger partial charge in [0, 0.05) is 29.3 Å². The summed E-state index contributed by atoms with van der Waals surface area (Å²) < 4.78 is 95.1. The number of hydrogen-bond donors (Lipinski definition) is 2. The minimum Gasteiger partial charge on any atom is -0.477 e. The molecule has 0 aliphatic heterocycles. The maximum Gasteiger partial charge on any atom is 0.460 e. The molecule has 35 heavy (non-hydrogen) atoms. The average molecular weight is 529 g/mol. The third-order valence-electron chi connectivity index (χ3n) is 3.94. The second-order valence-corrected chi connectivity index (χ2v) is 7.86. The van der Waals surface area contributed by atoms with Crippen LogP contribution in [0.3, 0.4) is 0 Å². The van der Waals surface area contributed by atoms with E-state index < -0.39 is 62.9 Å². The molecule has 0 unspecified atom stereocenters. The Bertz CT molecular complexity index is 1110. The summed E-state index contributed by atoms with van der Waals surface area (Å²) in [5, 5.41) is 10.4. The first-order chi connectivity index (χ1) is 16.0. The molecule has 2 N–H and O–H groups in total. The van der Waals surface area contributed by atoms with E-state index in [-0.39, 0.29) is 11.6 Å². The molecule has 0 fully saturated rings. The molecule has 0 heterocycles. The van der Waals surface area contributed by atoms with Crippen LogP contribution < -0.4 is 15.4 Å². The highest BCUT2D eigenvalue weighted by Crippen LogP contribution is 2.54. The van der Waals surface area contributed by atoms with Gasteiger partial charge in [0.1, 0.15) is 0 Å². The van der Waals surface area contributed by atoms with Crippen molar-refractivity contribution in [3.8, 4) is 5.75 Å². The number of benzene rings is 2. The molecule has 0 bridgehead atoms. The van der Waals surface area contributed by atoms with Crippen molar-refractivity contribution >= 4 is 40.6 Å². The van der Waals surface area contributed by atoms with Crippen LogP contribution in [0.5, 0.6) is 5.75 Å². The highest BCUT2D eigenvalue weighted by Gasteiger charge is 2.73. The lowest BCUT2D eigenvalue weighted by Crippen LogP contribution is -2.49. The smallest absolute Gasteiger partial charge is 0.460 e. The molecule has 0 atom stereocenters. The molecule has 2 aromatic carbocycles. The third-order valence-corrected chi connectivity index (χ3v) is 4.94. The molecular formula is C19H14F7N3O5S. The van der Waals surface area contributed by atoms with Crippen molar-refractivity contribution in [1.82, 2.24) is 0 Å². The van der Waals surface area contributed by atoms with E-state index in [9.17, 15) is 50.4 Å². The van der Waals surface area contributed by atoms with Gasteiger partial charge in [0.15, 0.2) is 12.4 Å². The summed E-state index contributed by atoms with van der Waals surface area (Å²) in [5.41, 5.74) is -0.339. The van der Waals surface area contributed by atoms with Crippen LogP contribution in [0.4, 0.5) is 47.8 Å². The van der Waals surface area contributed by atoms with E-state index in [2.05, 4.69) is 10.6 Å². The number of carbonyl (C=O) groups is 2. The van der Waals surface area contributed by atoms with Crippen LogP contribution in [0.15, 0.2) is 47.4 Å². The maximum absolute atomic E-state index is 13.6. The maximum atomic E-state index is 13.6. The Labute approximate surface area is 196 Å². The summed E-state index contributed by atoms with van der Waals surface area (Å²) in [6.07, 6.45) is -6.56. The summed E-state index contributed by atoms with van der Waals surface area (Å²) in [6, 6.07) is 7.39. The van der Waals surface area contributed by atoms with E-state index in [1.807, 2.05) is 0 Å². The average Bonchev–Trinajstić information content (AvgIpc) is 2.72. The zero-order valence-electron chi connectivity index (χ0n) is 17.3. The summed E-state index contributed by atoms with van der Waals surface area (Å²) in [7, 11) is 0. The van der Waals surface area contributed by atoms with Gasteiger partial charge < -0.3 is 15.4 Å². The lowest BCUT2D eigenvalue weighted by Gasteiger charge is -2.27. The number of nitro groups is 1. The van der Waals surface area contributed by atoms with Gasteiger partial charge in [0.2, 0.25) is 5.91 Å². The molecule has 0 aliphatic carbocycles. The minimum atomic E-state index is -6.56. The van der Waals surface area contributed by atoms with E-state index in [1.165, 1.54) is 31.2 Å². The molecule has 0 aliphatic rings. The van der Waals surface area contributed by atoms with Crippen molar-refractivity contribution in [1.29, 1.82) is 0 Å². The number of nitro benzene ring substituents is 1. The zero-order valence-corrected chi connectivity index (χ0v) is 18.1. The highest BCUT2D eigenvalue weighted by molar-refractivity contribution is 8.00. The van der Waals surface area contributed by atoms with Gasteiger partial charge in [-0.05, 0) is 48.2 Å². The fourth-order valence-electron chi connectivity index (χ4n) is 2.38. The Balaban J connectivity index is 2.10. The van der Waals surface area contributed by atoms with Gasteiger partial charge in [-0.1, -0.05) is 0 Å². The fraction of sp³-hybridized carbons (Fsp3) is 0.263. The van der Waals surface area contributed by atoms with Crippen LogP contribution in [0, 0.1) is 10.1 Å². The number of amides is 2. The van der Waals surface area contributed by atoms with Crippen LogP contribution in [0.25, 0.3) is 0 Å². The predicted octanol–water partition coefficient (Wildman–Crippen LogP) is 5.45. The van der Waals surface area contributed by atoms with Crippen LogP contribution >= 0.6 is 11.8 Å². The van der Waals surface area contributed by atoms with Crippen molar-refractivity contribution in [2.24, 2.45) is 0 Å². The first kappa shape index (κ1) is 27.7. The van der Waals surface area contributed by atoms with Crippen molar-refractivity contribution in [3.05, 3.63) is 52.6 Å². The monoisotopic (exact) mass is 529 g/mol. The molecule has 0 radical (unpaired) electrons. The number of halogens is 7. The number of carbonyl (C=O) groups excluding carboxylic acids is 2. The summed E-state index contributed by atoms with van der Waals surface area (Å²) in [5.74, 6) is -8.16. The number of hydrogen-bond acceptors (Lipinski definition) is 6. The van der Waals surface area contributed by atoms with E-state index >= 15 is 0 Å². The first-order valence-corrected chi connectivity index (χ1v) is 9.95. The Morgan fingerprint density at radius 1 is 0.971 bits per heavy atom. The molecule has 0 aromatic heterocycles. The Kier molecular flexibility index (Phi) is 8.20. The highest BCUT2D eigenvalue weighted by atomic mass is 32.2. The van der Waals surface area contributed by atoms with E-state index in [1.54, 1.807) is 0 Å². The van der Waals surface area contributed by atoms with E-state index in [4.69, 9.17) is 4.74 Å². The van der Waals surface area contributed by atoms with Crippen LogP contribution in [-0.4, -0.2) is 40.7 Å². The topological polar surface area (TPSA) is 111 Å². The van der Waals surface area contributed by atoms with Crippen molar-refractivity contribution < 1.29 is 50.0 Å². The van der Waals surface area contributed by atoms with Gasteiger partial charge in [-0.25, -0.2) is 0 Å². The summed E-state index contributed by atoms with van der Waals surface area (Å²) >= 11 is -1.22. The van der Waals surface area contributed by atoms with Gasteiger partial charge in [-0.15, -0.1) is 0 Å².